The molecule has 2 unspecified atom stereocenters. The molecule has 0 aromatic heterocycles. The van der Waals surface area contributed by atoms with Crippen LogP contribution in [0, 0.1) is 5.92 Å². The van der Waals surface area contributed by atoms with Gasteiger partial charge in [-0.15, -0.1) is 0 Å². The van der Waals surface area contributed by atoms with Gasteiger partial charge < -0.3 is 10.1 Å². The van der Waals surface area contributed by atoms with Gasteiger partial charge in [-0.3, -0.25) is 4.79 Å². The molecule has 0 aliphatic carbocycles. The summed E-state index contributed by atoms with van der Waals surface area (Å²) in [4.78, 5) is 10.7. The summed E-state index contributed by atoms with van der Waals surface area (Å²) in [6.07, 6.45) is 2.42. The van der Waals surface area contributed by atoms with E-state index in [2.05, 4.69) is 5.32 Å². The van der Waals surface area contributed by atoms with Crippen LogP contribution >= 0.6 is 0 Å². The van der Waals surface area contributed by atoms with Crippen LogP contribution in [0.5, 0.6) is 0 Å². The van der Waals surface area contributed by atoms with E-state index in [1.165, 1.54) is 19.8 Å². The van der Waals surface area contributed by atoms with Gasteiger partial charge in [-0.1, -0.05) is 0 Å². The minimum atomic E-state index is -0.173. The Labute approximate surface area is 73.5 Å². The van der Waals surface area contributed by atoms with Gasteiger partial charge in [-0.2, -0.15) is 0 Å². The topological polar surface area (TPSA) is 38.3 Å². The van der Waals surface area contributed by atoms with Crippen molar-refractivity contribution in [2.75, 3.05) is 13.1 Å². The molecule has 12 heavy (non-hydrogen) atoms. The third-order valence-electron chi connectivity index (χ3n) is 2.35. The average molecular weight is 171 g/mol. The highest BCUT2D eigenvalue weighted by atomic mass is 16.5. The molecule has 0 amide bonds. The number of carbonyl (C=O) groups is 1. The Hall–Kier alpha value is -0.570. The van der Waals surface area contributed by atoms with Crippen LogP contribution in [0.15, 0.2) is 0 Å². The zero-order valence-corrected chi connectivity index (χ0v) is 7.80. The zero-order chi connectivity index (χ0) is 8.97. The molecule has 1 fully saturated rings. The quantitative estimate of drug-likeness (QED) is 0.628. The van der Waals surface area contributed by atoms with Gasteiger partial charge in [0.2, 0.25) is 0 Å². The van der Waals surface area contributed by atoms with Crippen molar-refractivity contribution in [1.82, 2.24) is 5.32 Å². The SMILES string of the molecule is CC(=O)OC(C)C1CCCNC1. The highest BCUT2D eigenvalue weighted by Crippen LogP contribution is 2.16. The van der Waals surface area contributed by atoms with Gasteiger partial charge >= 0.3 is 5.97 Å². The molecule has 0 spiro atoms. The van der Waals surface area contributed by atoms with E-state index in [-0.39, 0.29) is 12.1 Å². The van der Waals surface area contributed by atoms with E-state index in [0.717, 1.165) is 13.1 Å². The first-order chi connectivity index (χ1) is 5.70. The molecule has 1 N–H and O–H groups in total. The zero-order valence-electron chi connectivity index (χ0n) is 7.80. The van der Waals surface area contributed by atoms with Gasteiger partial charge in [-0.05, 0) is 26.3 Å². The van der Waals surface area contributed by atoms with Crippen molar-refractivity contribution in [2.24, 2.45) is 5.92 Å². The molecule has 1 aliphatic rings. The molecule has 1 heterocycles. The minimum Gasteiger partial charge on any atom is -0.463 e. The van der Waals surface area contributed by atoms with E-state index < -0.39 is 0 Å². The lowest BCUT2D eigenvalue weighted by Gasteiger charge is -2.27. The number of ether oxygens (including phenoxy) is 1. The number of nitrogens with one attached hydrogen (secondary N) is 1. The van der Waals surface area contributed by atoms with Gasteiger partial charge in [0.15, 0.2) is 0 Å². The fraction of sp³-hybridized carbons (Fsp3) is 0.889. The van der Waals surface area contributed by atoms with Crippen LogP contribution in [0.3, 0.4) is 0 Å². The molecule has 0 radical (unpaired) electrons. The monoisotopic (exact) mass is 171 g/mol. The van der Waals surface area contributed by atoms with Crippen LogP contribution in [-0.4, -0.2) is 25.2 Å². The molecule has 1 aliphatic heterocycles. The number of hydrogen-bond donors (Lipinski definition) is 1. The Morgan fingerprint density at radius 3 is 2.92 bits per heavy atom. The fourth-order valence-corrected chi connectivity index (χ4v) is 1.64. The van der Waals surface area contributed by atoms with Crippen molar-refractivity contribution in [3.63, 3.8) is 0 Å². The Kier molecular flexibility index (Phi) is 3.53. The van der Waals surface area contributed by atoms with Crippen molar-refractivity contribution >= 4 is 5.97 Å². The van der Waals surface area contributed by atoms with Gasteiger partial charge in [0, 0.05) is 19.4 Å². The number of rotatable bonds is 2. The second-order valence-electron chi connectivity index (χ2n) is 3.42. The Bertz CT molecular complexity index is 153. The van der Waals surface area contributed by atoms with Crippen LogP contribution in [-0.2, 0) is 9.53 Å². The van der Waals surface area contributed by atoms with E-state index in [4.69, 9.17) is 4.74 Å². The van der Waals surface area contributed by atoms with Crippen LogP contribution in [0.25, 0.3) is 0 Å². The summed E-state index contributed by atoms with van der Waals surface area (Å²) in [5, 5.41) is 3.30. The molecule has 2 atom stereocenters. The van der Waals surface area contributed by atoms with Gasteiger partial charge in [0.1, 0.15) is 6.10 Å². The minimum absolute atomic E-state index is 0.0651. The molecule has 70 valence electrons. The molecule has 3 nitrogen and oxygen atoms in total. The predicted molar refractivity (Wildman–Crippen MR) is 46.8 cm³/mol. The number of carbonyl (C=O) groups excluding carboxylic acids is 1. The number of hydrogen-bond acceptors (Lipinski definition) is 3. The lowest BCUT2D eigenvalue weighted by atomic mass is 9.95. The van der Waals surface area contributed by atoms with Gasteiger partial charge in [-0.25, -0.2) is 0 Å². The first-order valence-corrected chi connectivity index (χ1v) is 4.58. The number of esters is 1. The second-order valence-corrected chi connectivity index (χ2v) is 3.42. The average Bonchev–Trinajstić information content (AvgIpc) is 2.05. The molecule has 0 aromatic rings. The van der Waals surface area contributed by atoms with E-state index in [0.29, 0.717) is 5.92 Å². The van der Waals surface area contributed by atoms with E-state index >= 15 is 0 Å². The smallest absolute Gasteiger partial charge is 0.302 e. The predicted octanol–water partition coefficient (Wildman–Crippen LogP) is 0.938. The van der Waals surface area contributed by atoms with Crippen LogP contribution in [0.4, 0.5) is 0 Å². The molecule has 1 rings (SSSR count). The fourth-order valence-electron chi connectivity index (χ4n) is 1.64. The van der Waals surface area contributed by atoms with Crippen LogP contribution in [0.2, 0.25) is 0 Å². The van der Waals surface area contributed by atoms with Crippen molar-refractivity contribution in [3.8, 4) is 0 Å². The molecular weight excluding hydrogens is 154 g/mol. The number of piperidine rings is 1. The van der Waals surface area contributed by atoms with Crippen molar-refractivity contribution in [2.45, 2.75) is 32.8 Å². The molecular formula is C9H17NO2. The van der Waals surface area contributed by atoms with Crippen LogP contribution < -0.4 is 5.32 Å². The lowest BCUT2D eigenvalue weighted by Crippen LogP contribution is -2.37. The van der Waals surface area contributed by atoms with E-state index in [1.54, 1.807) is 0 Å². The Morgan fingerprint density at radius 1 is 1.67 bits per heavy atom. The Morgan fingerprint density at radius 2 is 2.42 bits per heavy atom. The summed E-state index contributed by atoms with van der Waals surface area (Å²) in [6, 6.07) is 0. The molecule has 3 heteroatoms. The van der Waals surface area contributed by atoms with E-state index in [9.17, 15) is 4.79 Å². The third-order valence-corrected chi connectivity index (χ3v) is 2.35. The summed E-state index contributed by atoms with van der Waals surface area (Å²) in [7, 11) is 0. The normalized spacial score (nSPS) is 26.3. The molecule has 0 bridgehead atoms. The Balaban J connectivity index is 2.29. The summed E-state index contributed by atoms with van der Waals surface area (Å²) >= 11 is 0. The maximum absolute atomic E-state index is 10.7. The summed E-state index contributed by atoms with van der Waals surface area (Å²) in [5.74, 6) is 0.329. The standard InChI is InChI=1S/C9H17NO2/c1-7(12-8(2)11)9-4-3-5-10-6-9/h7,9-10H,3-6H2,1-2H3. The van der Waals surface area contributed by atoms with Crippen molar-refractivity contribution < 1.29 is 9.53 Å². The lowest BCUT2D eigenvalue weighted by molar-refractivity contribution is -0.148. The summed E-state index contributed by atoms with van der Waals surface area (Å²) in [5.41, 5.74) is 0. The third kappa shape index (κ3) is 2.81. The van der Waals surface area contributed by atoms with Crippen molar-refractivity contribution in [3.05, 3.63) is 0 Å². The van der Waals surface area contributed by atoms with Gasteiger partial charge in [0.05, 0.1) is 0 Å². The second kappa shape index (κ2) is 4.45. The van der Waals surface area contributed by atoms with Crippen molar-refractivity contribution in [1.29, 1.82) is 0 Å². The highest BCUT2D eigenvalue weighted by molar-refractivity contribution is 5.66. The van der Waals surface area contributed by atoms with Crippen LogP contribution in [0.1, 0.15) is 26.7 Å². The van der Waals surface area contributed by atoms with Gasteiger partial charge in [0.25, 0.3) is 0 Å². The maximum Gasteiger partial charge on any atom is 0.302 e. The summed E-state index contributed by atoms with van der Waals surface area (Å²) < 4.78 is 5.11. The van der Waals surface area contributed by atoms with E-state index in [1.807, 2.05) is 6.92 Å². The first kappa shape index (κ1) is 9.52. The molecule has 0 saturated carbocycles. The molecule has 0 aromatic carbocycles. The molecule has 1 saturated heterocycles. The largest absolute Gasteiger partial charge is 0.463 e. The maximum atomic E-state index is 10.7. The summed E-state index contributed by atoms with van der Waals surface area (Å²) in [6.45, 7) is 5.52. The first-order valence-electron chi connectivity index (χ1n) is 4.58. The highest BCUT2D eigenvalue weighted by Gasteiger charge is 2.21.